The van der Waals surface area contributed by atoms with E-state index >= 15 is 0 Å². The molecule has 0 spiro atoms. The molecule has 1 atom stereocenters. The minimum Gasteiger partial charge on any atom is -0.379 e. The van der Waals surface area contributed by atoms with Gasteiger partial charge >= 0.3 is 0 Å². The highest BCUT2D eigenvalue weighted by Gasteiger charge is 2.41. The summed E-state index contributed by atoms with van der Waals surface area (Å²) in [5.41, 5.74) is 8.72. The van der Waals surface area contributed by atoms with Crippen LogP contribution in [-0.2, 0) is 9.53 Å². The molecule has 3 rings (SSSR count). The van der Waals surface area contributed by atoms with Gasteiger partial charge in [-0.3, -0.25) is 9.69 Å². The fourth-order valence-electron chi connectivity index (χ4n) is 4.51. The second-order valence-corrected chi connectivity index (χ2v) is 8.44. The number of amides is 1. The van der Waals surface area contributed by atoms with Gasteiger partial charge in [-0.2, -0.15) is 0 Å². The van der Waals surface area contributed by atoms with Crippen molar-refractivity contribution in [2.24, 2.45) is 5.73 Å². The summed E-state index contributed by atoms with van der Waals surface area (Å²) >= 11 is 0. The maximum absolute atomic E-state index is 12.7. The molecule has 1 aliphatic heterocycles. The van der Waals surface area contributed by atoms with Crippen LogP contribution in [0, 0.1) is 0 Å². The highest BCUT2D eigenvalue weighted by Crippen LogP contribution is 2.38. The van der Waals surface area contributed by atoms with Gasteiger partial charge in [0, 0.05) is 37.6 Å². The van der Waals surface area contributed by atoms with E-state index in [4.69, 9.17) is 10.5 Å². The number of carbonyl (C=O) groups is 1. The highest BCUT2D eigenvalue weighted by atomic mass is 16.5. The van der Waals surface area contributed by atoms with Crippen LogP contribution >= 0.6 is 0 Å². The van der Waals surface area contributed by atoms with Crippen LogP contribution < -0.4 is 11.1 Å². The molecule has 3 N–H and O–H groups in total. The molecule has 2 fully saturated rings. The number of nitrogens with zero attached hydrogens (tertiary/aromatic N) is 1. The third-order valence-electron chi connectivity index (χ3n) is 6.26. The van der Waals surface area contributed by atoms with Crippen molar-refractivity contribution in [3.8, 4) is 0 Å². The first kappa shape index (κ1) is 20.3. The van der Waals surface area contributed by atoms with E-state index in [1.807, 2.05) is 0 Å². The van der Waals surface area contributed by atoms with Crippen molar-refractivity contribution >= 4 is 5.91 Å². The Kier molecular flexibility index (Phi) is 6.90. The van der Waals surface area contributed by atoms with Crippen LogP contribution in [0.1, 0.15) is 69.0 Å². The lowest BCUT2D eigenvalue weighted by molar-refractivity contribution is -0.125. The SMILES string of the molecule is CC(C)c1ccc(C(N)CNC(=O)CC2(N3CCOCC3)CCCC2)cc1. The molecule has 0 aromatic heterocycles. The van der Waals surface area contributed by atoms with Crippen LogP contribution in [0.25, 0.3) is 0 Å². The van der Waals surface area contributed by atoms with Crippen molar-refractivity contribution < 1.29 is 9.53 Å². The van der Waals surface area contributed by atoms with Gasteiger partial charge in [-0.05, 0) is 29.9 Å². The van der Waals surface area contributed by atoms with Gasteiger partial charge in [-0.15, -0.1) is 0 Å². The Balaban J connectivity index is 1.53. The summed E-state index contributed by atoms with van der Waals surface area (Å²) < 4.78 is 5.50. The predicted octanol–water partition coefficient (Wildman–Crippen LogP) is 2.96. The Labute approximate surface area is 163 Å². The van der Waals surface area contributed by atoms with Gasteiger partial charge in [-0.25, -0.2) is 0 Å². The minimum atomic E-state index is -0.168. The molecule has 0 radical (unpaired) electrons. The fraction of sp³-hybridized carbons (Fsp3) is 0.682. The Hall–Kier alpha value is -1.43. The van der Waals surface area contributed by atoms with E-state index in [1.54, 1.807) is 0 Å². The summed E-state index contributed by atoms with van der Waals surface area (Å²) in [5.74, 6) is 0.635. The average Bonchev–Trinajstić information content (AvgIpc) is 3.16. The van der Waals surface area contributed by atoms with Crippen molar-refractivity contribution in [1.29, 1.82) is 0 Å². The second-order valence-electron chi connectivity index (χ2n) is 8.44. The van der Waals surface area contributed by atoms with Gasteiger partial charge < -0.3 is 15.8 Å². The predicted molar refractivity (Wildman–Crippen MR) is 109 cm³/mol. The third kappa shape index (κ3) is 5.09. The first-order valence-electron chi connectivity index (χ1n) is 10.5. The Morgan fingerprint density at radius 3 is 2.33 bits per heavy atom. The van der Waals surface area contributed by atoms with Crippen molar-refractivity contribution in [3.05, 3.63) is 35.4 Å². The first-order valence-corrected chi connectivity index (χ1v) is 10.5. The zero-order valence-corrected chi connectivity index (χ0v) is 16.9. The number of nitrogens with two attached hydrogens (primary N) is 1. The van der Waals surface area contributed by atoms with Gasteiger partial charge in [0.05, 0.1) is 13.2 Å². The maximum atomic E-state index is 12.7. The fourth-order valence-corrected chi connectivity index (χ4v) is 4.51. The molecule has 1 aromatic carbocycles. The van der Waals surface area contributed by atoms with E-state index in [-0.39, 0.29) is 17.5 Å². The van der Waals surface area contributed by atoms with Crippen LogP contribution in [0.2, 0.25) is 0 Å². The van der Waals surface area contributed by atoms with Gasteiger partial charge in [0.1, 0.15) is 0 Å². The molecule has 1 saturated heterocycles. The summed E-state index contributed by atoms with van der Waals surface area (Å²) in [7, 11) is 0. The van der Waals surface area contributed by atoms with E-state index in [2.05, 4.69) is 48.3 Å². The van der Waals surface area contributed by atoms with Gasteiger partial charge in [0.25, 0.3) is 0 Å². The number of carbonyl (C=O) groups excluding carboxylic acids is 1. The monoisotopic (exact) mass is 373 g/mol. The Morgan fingerprint density at radius 1 is 1.15 bits per heavy atom. The smallest absolute Gasteiger partial charge is 0.221 e. The molecule has 1 aromatic rings. The van der Waals surface area contributed by atoms with Crippen LogP contribution in [-0.4, -0.2) is 49.2 Å². The van der Waals surface area contributed by atoms with E-state index in [0.29, 0.717) is 18.9 Å². The number of rotatable bonds is 7. The van der Waals surface area contributed by atoms with E-state index in [1.165, 1.54) is 18.4 Å². The summed E-state index contributed by atoms with van der Waals surface area (Å²) in [5, 5.41) is 3.09. The van der Waals surface area contributed by atoms with Crippen molar-refractivity contribution in [3.63, 3.8) is 0 Å². The minimum absolute atomic E-state index is 0.0247. The lowest BCUT2D eigenvalue weighted by Gasteiger charge is -2.43. The molecule has 5 nitrogen and oxygen atoms in total. The summed E-state index contributed by atoms with van der Waals surface area (Å²) in [4.78, 5) is 15.2. The lowest BCUT2D eigenvalue weighted by Crippen LogP contribution is -2.54. The Morgan fingerprint density at radius 2 is 1.74 bits per heavy atom. The topological polar surface area (TPSA) is 67.6 Å². The molecular formula is C22H35N3O2. The van der Waals surface area contributed by atoms with E-state index in [9.17, 15) is 4.79 Å². The summed E-state index contributed by atoms with van der Waals surface area (Å²) in [6.07, 6.45) is 5.23. The highest BCUT2D eigenvalue weighted by molar-refractivity contribution is 5.77. The van der Waals surface area contributed by atoms with Crippen LogP contribution in [0.4, 0.5) is 0 Å². The van der Waals surface area contributed by atoms with Crippen LogP contribution in [0.3, 0.4) is 0 Å². The summed E-state index contributed by atoms with van der Waals surface area (Å²) in [6, 6.07) is 8.26. The zero-order valence-electron chi connectivity index (χ0n) is 16.9. The van der Waals surface area contributed by atoms with Gasteiger partial charge in [-0.1, -0.05) is 51.0 Å². The number of hydrogen-bond donors (Lipinski definition) is 2. The number of benzene rings is 1. The van der Waals surface area contributed by atoms with Crippen LogP contribution in [0.15, 0.2) is 24.3 Å². The largest absolute Gasteiger partial charge is 0.379 e. The number of ether oxygens (including phenoxy) is 1. The lowest BCUT2D eigenvalue weighted by atomic mass is 9.90. The average molecular weight is 374 g/mol. The molecule has 1 amide bonds. The number of nitrogens with one attached hydrogen (secondary N) is 1. The molecular weight excluding hydrogens is 338 g/mol. The Bertz CT molecular complexity index is 602. The first-order chi connectivity index (χ1) is 13.0. The van der Waals surface area contributed by atoms with Crippen LogP contribution in [0.5, 0.6) is 0 Å². The molecule has 150 valence electrons. The third-order valence-corrected chi connectivity index (χ3v) is 6.26. The van der Waals surface area contributed by atoms with Crippen molar-refractivity contribution in [2.75, 3.05) is 32.8 Å². The normalized spacial score (nSPS) is 21.3. The van der Waals surface area contributed by atoms with E-state index < -0.39 is 0 Å². The number of hydrogen-bond acceptors (Lipinski definition) is 4. The molecule has 0 bridgehead atoms. The molecule has 1 heterocycles. The quantitative estimate of drug-likeness (QED) is 0.771. The molecule has 1 saturated carbocycles. The van der Waals surface area contributed by atoms with Gasteiger partial charge in [0.15, 0.2) is 0 Å². The van der Waals surface area contributed by atoms with E-state index in [0.717, 1.165) is 44.7 Å². The van der Waals surface area contributed by atoms with Gasteiger partial charge in [0.2, 0.25) is 5.91 Å². The van der Waals surface area contributed by atoms with Crippen molar-refractivity contribution in [2.45, 2.75) is 63.5 Å². The molecule has 1 unspecified atom stereocenters. The molecule has 5 heteroatoms. The molecule has 27 heavy (non-hydrogen) atoms. The second kappa shape index (κ2) is 9.18. The standard InChI is InChI=1S/C22H35N3O2/c1-17(2)18-5-7-19(8-6-18)20(23)16-24-21(26)15-22(9-3-4-10-22)25-11-13-27-14-12-25/h5-8,17,20H,3-4,9-16,23H2,1-2H3,(H,24,26). The number of morpholine rings is 1. The molecule has 1 aliphatic carbocycles. The molecule has 2 aliphatic rings. The summed E-state index contributed by atoms with van der Waals surface area (Å²) in [6.45, 7) is 8.29. The maximum Gasteiger partial charge on any atom is 0.221 e. The zero-order chi connectivity index (χ0) is 19.3. The van der Waals surface area contributed by atoms with Crippen molar-refractivity contribution in [1.82, 2.24) is 10.2 Å².